The SMILES string of the molecule is CCNCc1sccc1S(=O)(=O)NC(COC)C(C)C. The lowest BCUT2D eigenvalue weighted by Gasteiger charge is -2.21. The van der Waals surface area contributed by atoms with Crippen LogP contribution in [-0.2, 0) is 21.3 Å². The Hall–Kier alpha value is -0.470. The zero-order valence-electron chi connectivity index (χ0n) is 12.5. The minimum Gasteiger partial charge on any atom is -0.383 e. The fourth-order valence-corrected chi connectivity index (χ4v) is 4.52. The van der Waals surface area contributed by atoms with E-state index in [2.05, 4.69) is 10.0 Å². The van der Waals surface area contributed by atoms with Gasteiger partial charge in [0, 0.05) is 24.6 Å². The van der Waals surface area contributed by atoms with E-state index in [-0.39, 0.29) is 12.0 Å². The van der Waals surface area contributed by atoms with Gasteiger partial charge >= 0.3 is 0 Å². The molecule has 0 aliphatic rings. The molecular weight excluding hydrogens is 296 g/mol. The van der Waals surface area contributed by atoms with E-state index in [1.807, 2.05) is 26.2 Å². The first-order valence-electron chi connectivity index (χ1n) is 6.70. The molecule has 0 amide bonds. The highest BCUT2D eigenvalue weighted by Gasteiger charge is 2.25. The van der Waals surface area contributed by atoms with E-state index in [1.165, 1.54) is 11.3 Å². The summed E-state index contributed by atoms with van der Waals surface area (Å²) in [4.78, 5) is 1.20. The molecule has 7 heteroatoms. The molecule has 1 unspecified atom stereocenters. The molecule has 116 valence electrons. The average molecular weight is 320 g/mol. The third-order valence-electron chi connectivity index (χ3n) is 2.99. The maximum Gasteiger partial charge on any atom is 0.242 e. The van der Waals surface area contributed by atoms with Crippen LogP contribution in [0.3, 0.4) is 0 Å². The quantitative estimate of drug-likeness (QED) is 0.728. The summed E-state index contributed by atoms with van der Waals surface area (Å²) in [6.07, 6.45) is 0. The fourth-order valence-electron chi connectivity index (χ4n) is 1.74. The lowest BCUT2D eigenvalue weighted by atomic mass is 10.1. The number of thiophene rings is 1. The summed E-state index contributed by atoms with van der Waals surface area (Å²) >= 11 is 1.45. The van der Waals surface area contributed by atoms with Crippen LogP contribution in [0.15, 0.2) is 16.3 Å². The van der Waals surface area contributed by atoms with Gasteiger partial charge in [-0.05, 0) is 23.9 Å². The van der Waals surface area contributed by atoms with Crippen LogP contribution in [0.25, 0.3) is 0 Å². The molecule has 0 bridgehead atoms. The molecule has 2 N–H and O–H groups in total. The molecule has 1 heterocycles. The van der Waals surface area contributed by atoms with E-state index in [9.17, 15) is 8.42 Å². The summed E-state index contributed by atoms with van der Waals surface area (Å²) in [5, 5.41) is 4.97. The van der Waals surface area contributed by atoms with Crippen LogP contribution in [0.5, 0.6) is 0 Å². The van der Waals surface area contributed by atoms with Crippen LogP contribution < -0.4 is 10.0 Å². The largest absolute Gasteiger partial charge is 0.383 e. The van der Waals surface area contributed by atoms with Crippen LogP contribution in [0, 0.1) is 5.92 Å². The number of ether oxygens (including phenoxy) is 1. The second-order valence-electron chi connectivity index (χ2n) is 4.92. The number of hydrogen-bond acceptors (Lipinski definition) is 5. The Kier molecular flexibility index (Phi) is 7.11. The molecule has 0 fully saturated rings. The van der Waals surface area contributed by atoms with E-state index >= 15 is 0 Å². The second-order valence-corrected chi connectivity index (χ2v) is 7.60. The van der Waals surface area contributed by atoms with Crippen LogP contribution >= 0.6 is 11.3 Å². The van der Waals surface area contributed by atoms with Crippen molar-refractivity contribution in [1.29, 1.82) is 0 Å². The maximum absolute atomic E-state index is 12.5. The fraction of sp³-hybridized carbons (Fsp3) is 0.692. The lowest BCUT2D eigenvalue weighted by Crippen LogP contribution is -2.41. The molecule has 0 aliphatic carbocycles. The molecule has 0 radical (unpaired) electrons. The van der Waals surface area contributed by atoms with Crippen molar-refractivity contribution in [3.63, 3.8) is 0 Å². The summed E-state index contributed by atoms with van der Waals surface area (Å²) in [7, 11) is -1.93. The van der Waals surface area contributed by atoms with Crippen molar-refractivity contribution in [3.8, 4) is 0 Å². The van der Waals surface area contributed by atoms with Crippen LogP contribution in [0.4, 0.5) is 0 Å². The van der Waals surface area contributed by atoms with Gasteiger partial charge in [-0.2, -0.15) is 0 Å². The zero-order valence-corrected chi connectivity index (χ0v) is 14.1. The molecule has 0 saturated heterocycles. The van der Waals surface area contributed by atoms with Gasteiger partial charge < -0.3 is 10.1 Å². The van der Waals surface area contributed by atoms with Crippen LogP contribution in [0.1, 0.15) is 25.6 Å². The molecule has 5 nitrogen and oxygen atoms in total. The topological polar surface area (TPSA) is 67.4 Å². The van der Waals surface area contributed by atoms with Crippen LogP contribution in [-0.4, -0.2) is 34.7 Å². The number of rotatable bonds is 9. The van der Waals surface area contributed by atoms with Gasteiger partial charge in [0.05, 0.1) is 11.5 Å². The number of nitrogens with one attached hydrogen (secondary N) is 2. The Morgan fingerprint density at radius 1 is 1.40 bits per heavy atom. The van der Waals surface area contributed by atoms with Crippen molar-refractivity contribution in [1.82, 2.24) is 10.0 Å². The summed E-state index contributed by atoms with van der Waals surface area (Å²) in [5.41, 5.74) is 0. The molecule has 0 saturated carbocycles. The molecule has 0 aromatic carbocycles. The monoisotopic (exact) mass is 320 g/mol. The highest BCUT2D eigenvalue weighted by molar-refractivity contribution is 7.89. The minimum absolute atomic E-state index is 0.167. The Balaban J connectivity index is 2.90. The first kappa shape index (κ1) is 17.6. The minimum atomic E-state index is -3.50. The zero-order chi connectivity index (χ0) is 15.2. The summed E-state index contributed by atoms with van der Waals surface area (Å²) < 4.78 is 32.8. The average Bonchev–Trinajstić information content (AvgIpc) is 2.84. The van der Waals surface area contributed by atoms with Crippen molar-refractivity contribution < 1.29 is 13.2 Å². The Labute approximate surface area is 125 Å². The van der Waals surface area contributed by atoms with Gasteiger partial charge in [-0.25, -0.2) is 13.1 Å². The van der Waals surface area contributed by atoms with Gasteiger partial charge in [-0.3, -0.25) is 0 Å². The van der Waals surface area contributed by atoms with Crippen LogP contribution in [0.2, 0.25) is 0 Å². The third kappa shape index (κ3) is 4.82. The van der Waals surface area contributed by atoms with E-state index in [1.54, 1.807) is 13.2 Å². The van der Waals surface area contributed by atoms with E-state index < -0.39 is 10.0 Å². The molecular formula is C13H24N2O3S2. The highest BCUT2D eigenvalue weighted by atomic mass is 32.2. The maximum atomic E-state index is 12.5. The summed E-state index contributed by atoms with van der Waals surface area (Å²) in [6, 6.07) is 1.43. The van der Waals surface area contributed by atoms with Crippen molar-refractivity contribution in [2.75, 3.05) is 20.3 Å². The predicted molar refractivity (Wildman–Crippen MR) is 82.5 cm³/mol. The smallest absolute Gasteiger partial charge is 0.242 e. The molecule has 1 aromatic rings. The van der Waals surface area contributed by atoms with Crippen molar-refractivity contribution >= 4 is 21.4 Å². The standard InChI is InChI=1S/C13H24N2O3S2/c1-5-14-8-12-13(6-7-19-12)20(16,17)15-11(9-18-4)10(2)3/h6-7,10-11,14-15H,5,8-9H2,1-4H3. The Morgan fingerprint density at radius 2 is 2.10 bits per heavy atom. The van der Waals surface area contributed by atoms with Gasteiger partial charge in [0.2, 0.25) is 10.0 Å². The molecule has 1 atom stereocenters. The molecule has 20 heavy (non-hydrogen) atoms. The molecule has 1 rings (SSSR count). The Bertz CT molecular complexity index is 497. The first-order valence-corrected chi connectivity index (χ1v) is 9.07. The summed E-state index contributed by atoms with van der Waals surface area (Å²) in [6.45, 7) is 7.68. The van der Waals surface area contributed by atoms with Crippen molar-refractivity contribution in [2.24, 2.45) is 5.92 Å². The number of methoxy groups -OCH3 is 1. The lowest BCUT2D eigenvalue weighted by molar-refractivity contribution is 0.157. The normalized spacial score (nSPS) is 13.8. The molecule has 0 aliphatic heterocycles. The summed E-state index contributed by atoms with van der Waals surface area (Å²) in [5.74, 6) is 0.167. The van der Waals surface area contributed by atoms with Crippen molar-refractivity contribution in [2.45, 2.75) is 38.3 Å². The van der Waals surface area contributed by atoms with E-state index in [0.29, 0.717) is 18.0 Å². The van der Waals surface area contributed by atoms with Gasteiger partial charge in [0.25, 0.3) is 0 Å². The van der Waals surface area contributed by atoms with E-state index in [4.69, 9.17) is 4.74 Å². The number of hydrogen-bond donors (Lipinski definition) is 2. The predicted octanol–water partition coefficient (Wildman–Crippen LogP) is 1.81. The van der Waals surface area contributed by atoms with Gasteiger partial charge in [-0.15, -0.1) is 11.3 Å². The van der Waals surface area contributed by atoms with Crippen molar-refractivity contribution in [3.05, 3.63) is 16.3 Å². The van der Waals surface area contributed by atoms with Gasteiger partial charge in [0.15, 0.2) is 0 Å². The Morgan fingerprint density at radius 3 is 2.65 bits per heavy atom. The highest BCUT2D eigenvalue weighted by Crippen LogP contribution is 2.22. The van der Waals surface area contributed by atoms with E-state index in [0.717, 1.165) is 11.4 Å². The number of sulfonamides is 1. The second kappa shape index (κ2) is 8.09. The van der Waals surface area contributed by atoms with Gasteiger partial charge in [0.1, 0.15) is 0 Å². The first-order chi connectivity index (χ1) is 9.42. The van der Waals surface area contributed by atoms with Gasteiger partial charge in [-0.1, -0.05) is 20.8 Å². The molecule has 1 aromatic heterocycles. The third-order valence-corrected chi connectivity index (χ3v) is 5.61. The molecule has 0 spiro atoms.